The molecule has 5 N–H and O–H groups in total. The Morgan fingerprint density at radius 3 is 2.64 bits per heavy atom. The molecule has 0 aliphatic carbocycles. The second-order valence-electron chi connectivity index (χ2n) is 3.17. The first-order valence-electron chi connectivity index (χ1n) is 4.15. The molecular formula is C7H10BrN5O. The van der Waals surface area contributed by atoms with Crippen molar-refractivity contribution < 1.29 is 4.79 Å². The van der Waals surface area contributed by atoms with Crippen molar-refractivity contribution in [3.05, 3.63) is 10.2 Å². The number of nitrogens with zero attached hydrogens (tertiary/aromatic N) is 2. The number of anilines is 1. The summed E-state index contributed by atoms with van der Waals surface area (Å²) in [5, 5.41) is 7.22. The van der Waals surface area contributed by atoms with Crippen LogP contribution in [0, 0.1) is 0 Å². The number of amides is 1. The lowest BCUT2D eigenvalue weighted by atomic mass is 10.2. The lowest BCUT2D eigenvalue weighted by Crippen LogP contribution is -2.44. The number of carbonyl (C=O) groups excluding carboxylic acids is 1. The van der Waals surface area contributed by atoms with E-state index in [1.807, 2.05) is 0 Å². The topological polar surface area (TPSA) is 99.0 Å². The van der Waals surface area contributed by atoms with Gasteiger partial charge in [-0.05, 0) is 15.9 Å². The van der Waals surface area contributed by atoms with Gasteiger partial charge in [0.05, 0.1) is 6.04 Å². The molecule has 2 rings (SSSR count). The molecule has 0 spiro atoms. The molecule has 1 aromatic heterocycles. The summed E-state index contributed by atoms with van der Waals surface area (Å²) in [6.45, 7) is 1.63. The van der Waals surface area contributed by atoms with Gasteiger partial charge in [-0.15, -0.1) is 0 Å². The van der Waals surface area contributed by atoms with Crippen LogP contribution in [0.25, 0.3) is 0 Å². The number of rotatable bonds is 2. The van der Waals surface area contributed by atoms with E-state index >= 15 is 0 Å². The molecule has 76 valence electrons. The van der Waals surface area contributed by atoms with Gasteiger partial charge in [0.15, 0.2) is 0 Å². The molecule has 1 aromatic rings. The van der Waals surface area contributed by atoms with Crippen LogP contribution < -0.4 is 16.8 Å². The van der Waals surface area contributed by atoms with E-state index < -0.39 is 5.91 Å². The summed E-state index contributed by atoms with van der Waals surface area (Å²) in [6.07, 6.45) is 0. The number of nitrogen functional groups attached to an aromatic ring is 1. The van der Waals surface area contributed by atoms with Crippen molar-refractivity contribution in [1.82, 2.24) is 15.1 Å². The lowest BCUT2D eigenvalue weighted by Gasteiger charge is -2.27. The second kappa shape index (κ2) is 3.25. The first-order chi connectivity index (χ1) is 6.61. The Labute approximate surface area is 88.8 Å². The first kappa shape index (κ1) is 9.47. The fourth-order valence-corrected chi connectivity index (χ4v) is 1.94. The Bertz CT molecular complexity index is 384. The molecule has 0 aromatic carbocycles. The smallest absolute Gasteiger partial charge is 0.255 e. The Kier molecular flexibility index (Phi) is 2.20. The molecule has 0 radical (unpaired) electrons. The average molecular weight is 260 g/mol. The highest BCUT2D eigenvalue weighted by atomic mass is 79.9. The molecule has 0 saturated carbocycles. The number of nitrogens with two attached hydrogens (primary N) is 2. The molecule has 0 unspecified atom stereocenters. The molecule has 7 heteroatoms. The zero-order valence-electron chi connectivity index (χ0n) is 7.33. The summed E-state index contributed by atoms with van der Waals surface area (Å²) in [7, 11) is 0. The quantitative estimate of drug-likeness (QED) is 0.665. The van der Waals surface area contributed by atoms with Crippen LogP contribution in [0.15, 0.2) is 4.60 Å². The van der Waals surface area contributed by atoms with Crippen molar-refractivity contribution in [3.63, 3.8) is 0 Å². The average Bonchev–Trinajstić information content (AvgIpc) is 2.23. The zero-order valence-corrected chi connectivity index (χ0v) is 8.91. The van der Waals surface area contributed by atoms with Crippen molar-refractivity contribution in [2.45, 2.75) is 6.04 Å². The standard InChI is InChI=1S/C7H10BrN5O/c8-5-4(7(10)14)6(9)13(12-5)3-1-11-2-3/h3,11H,1-2,9H2,(H2,10,14). The number of carbonyl (C=O) groups is 1. The van der Waals surface area contributed by atoms with Gasteiger partial charge >= 0.3 is 0 Å². The molecular weight excluding hydrogens is 250 g/mol. The maximum Gasteiger partial charge on any atom is 0.255 e. The molecule has 0 atom stereocenters. The molecule has 0 bridgehead atoms. The number of aromatic nitrogens is 2. The molecule has 1 saturated heterocycles. The minimum atomic E-state index is -0.562. The van der Waals surface area contributed by atoms with Crippen LogP contribution >= 0.6 is 15.9 Å². The van der Waals surface area contributed by atoms with Gasteiger partial charge in [0, 0.05) is 13.1 Å². The summed E-state index contributed by atoms with van der Waals surface area (Å²) in [5.74, 6) is -0.233. The van der Waals surface area contributed by atoms with Gasteiger partial charge in [-0.1, -0.05) is 0 Å². The van der Waals surface area contributed by atoms with E-state index in [1.54, 1.807) is 4.68 Å². The fraction of sp³-hybridized carbons (Fsp3) is 0.429. The van der Waals surface area contributed by atoms with Crippen LogP contribution in [-0.2, 0) is 0 Å². The van der Waals surface area contributed by atoms with Gasteiger partial charge in [0.25, 0.3) is 5.91 Å². The van der Waals surface area contributed by atoms with E-state index in [4.69, 9.17) is 11.5 Å². The first-order valence-corrected chi connectivity index (χ1v) is 4.94. The van der Waals surface area contributed by atoms with Gasteiger partial charge in [-0.3, -0.25) is 4.79 Å². The van der Waals surface area contributed by atoms with E-state index in [9.17, 15) is 4.79 Å². The predicted octanol–water partition coefficient (Wildman–Crippen LogP) is -0.529. The van der Waals surface area contributed by atoms with Crippen LogP contribution in [0.5, 0.6) is 0 Å². The third-order valence-corrected chi connectivity index (χ3v) is 2.81. The van der Waals surface area contributed by atoms with Crippen LogP contribution in [0.3, 0.4) is 0 Å². The number of halogens is 1. The Morgan fingerprint density at radius 2 is 2.29 bits per heavy atom. The zero-order chi connectivity index (χ0) is 10.3. The summed E-state index contributed by atoms with van der Waals surface area (Å²) in [6, 6.07) is 0.222. The molecule has 6 nitrogen and oxygen atoms in total. The second-order valence-corrected chi connectivity index (χ2v) is 3.92. The molecule has 1 aliphatic heterocycles. The van der Waals surface area contributed by atoms with Gasteiger partial charge in [-0.25, -0.2) is 4.68 Å². The number of primary amides is 1. The minimum absolute atomic E-state index is 0.222. The largest absolute Gasteiger partial charge is 0.383 e. The van der Waals surface area contributed by atoms with Gasteiger partial charge in [0.2, 0.25) is 0 Å². The van der Waals surface area contributed by atoms with Crippen molar-refractivity contribution >= 4 is 27.7 Å². The van der Waals surface area contributed by atoms with Crippen molar-refractivity contribution in [1.29, 1.82) is 0 Å². The highest BCUT2D eigenvalue weighted by molar-refractivity contribution is 9.10. The number of hydrogen-bond donors (Lipinski definition) is 3. The Morgan fingerprint density at radius 1 is 1.64 bits per heavy atom. The van der Waals surface area contributed by atoms with Gasteiger partial charge < -0.3 is 16.8 Å². The summed E-state index contributed by atoms with van der Waals surface area (Å²) >= 11 is 3.16. The van der Waals surface area contributed by atoms with E-state index in [0.717, 1.165) is 13.1 Å². The minimum Gasteiger partial charge on any atom is -0.383 e. The normalized spacial score (nSPS) is 16.6. The summed E-state index contributed by atoms with van der Waals surface area (Å²) < 4.78 is 2.04. The lowest BCUT2D eigenvalue weighted by molar-refractivity contribution is 0.100. The van der Waals surface area contributed by atoms with Crippen molar-refractivity contribution in [2.75, 3.05) is 18.8 Å². The van der Waals surface area contributed by atoms with Crippen molar-refractivity contribution in [3.8, 4) is 0 Å². The highest BCUT2D eigenvalue weighted by Gasteiger charge is 2.26. The molecule has 2 heterocycles. The maximum atomic E-state index is 11.0. The van der Waals surface area contributed by atoms with Crippen LogP contribution in [0.1, 0.15) is 16.4 Å². The van der Waals surface area contributed by atoms with Crippen molar-refractivity contribution in [2.24, 2.45) is 5.73 Å². The third kappa shape index (κ3) is 1.28. The summed E-state index contributed by atoms with van der Waals surface area (Å²) in [4.78, 5) is 11.0. The Balaban J connectivity index is 2.42. The van der Waals surface area contributed by atoms with Gasteiger partial charge in [0.1, 0.15) is 16.0 Å². The molecule has 14 heavy (non-hydrogen) atoms. The predicted molar refractivity (Wildman–Crippen MR) is 54.8 cm³/mol. The molecule has 1 aliphatic rings. The monoisotopic (exact) mass is 259 g/mol. The van der Waals surface area contributed by atoms with Crippen LogP contribution in [0.4, 0.5) is 5.82 Å². The van der Waals surface area contributed by atoms with E-state index in [0.29, 0.717) is 10.4 Å². The van der Waals surface area contributed by atoms with E-state index in [1.165, 1.54) is 0 Å². The number of hydrogen-bond acceptors (Lipinski definition) is 4. The number of nitrogens with one attached hydrogen (secondary N) is 1. The fourth-order valence-electron chi connectivity index (χ4n) is 1.37. The van der Waals surface area contributed by atoms with E-state index in [2.05, 4.69) is 26.3 Å². The molecule has 1 fully saturated rings. The van der Waals surface area contributed by atoms with Crippen LogP contribution in [-0.4, -0.2) is 28.8 Å². The SMILES string of the molecule is NC(=O)c1c(Br)nn(C2CNC2)c1N. The summed E-state index contributed by atoms with van der Waals surface area (Å²) in [5.41, 5.74) is 11.2. The maximum absolute atomic E-state index is 11.0. The highest BCUT2D eigenvalue weighted by Crippen LogP contribution is 2.25. The Hall–Kier alpha value is -1.08. The third-order valence-electron chi connectivity index (χ3n) is 2.26. The van der Waals surface area contributed by atoms with Crippen LogP contribution in [0.2, 0.25) is 0 Å². The van der Waals surface area contributed by atoms with E-state index in [-0.39, 0.29) is 11.6 Å². The molecule has 1 amide bonds. The van der Waals surface area contributed by atoms with Gasteiger partial charge in [-0.2, -0.15) is 5.10 Å².